The molecule has 2 aromatic carbocycles. The van der Waals surface area contributed by atoms with Gasteiger partial charge in [0.05, 0.1) is 0 Å². The Bertz CT molecular complexity index is 522. The quantitative estimate of drug-likeness (QED) is 0.778. The summed E-state index contributed by atoms with van der Waals surface area (Å²) in [6.45, 7) is 13.1. The van der Waals surface area contributed by atoms with Crippen LogP contribution < -0.4 is 5.32 Å². The first-order chi connectivity index (χ1) is 8.88. The average Bonchev–Trinajstić information content (AvgIpc) is 2.25. The van der Waals surface area contributed by atoms with Crippen molar-refractivity contribution in [1.29, 1.82) is 0 Å². The van der Waals surface area contributed by atoms with Crippen LogP contribution in [0.3, 0.4) is 0 Å². The van der Waals surface area contributed by atoms with E-state index >= 15 is 0 Å². The van der Waals surface area contributed by atoms with Crippen LogP contribution in [0.2, 0.25) is 0 Å². The number of rotatable bonds is 2. The van der Waals surface area contributed by atoms with Gasteiger partial charge in [-0.3, -0.25) is 5.32 Å². The van der Waals surface area contributed by atoms with Gasteiger partial charge in [-0.15, -0.1) is 0 Å². The van der Waals surface area contributed by atoms with E-state index in [9.17, 15) is 0 Å². The summed E-state index contributed by atoms with van der Waals surface area (Å²) in [6, 6.07) is 9.05. The van der Waals surface area contributed by atoms with Gasteiger partial charge in [0.1, 0.15) is 11.4 Å². The van der Waals surface area contributed by atoms with E-state index in [-0.39, 0.29) is 0 Å². The Balaban J connectivity index is 2.48. The van der Waals surface area contributed by atoms with Crippen LogP contribution in [0, 0.1) is 41.5 Å². The van der Waals surface area contributed by atoms with E-state index in [1.165, 1.54) is 44.8 Å². The Morgan fingerprint density at radius 3 is 1.05 bits per heavy atom. The number of hydrogen-bond acceptors (Lipinski definition) is 0. The van der Waals surface area contributed by atoms with Crippen LogP contribution in [0.4, 0.5) is 11.4 Å². The molecule has 0 spiro atoms. The molecule has 0 aliphatic heterocycles. The van der Waals surface area contributed by atoms with Gasteiger partial charge in [-0.05, 0) is 41.5 Å². The molecular weight excluding hydrogens is 230 g/mol. The van der Waals surface area contributed by atoms with Gasteiger partial charge in [-0.25, -0.2) is 0 Å². The Morgan fingerprint density at radius 1 is 0.526 bits per heavy atom. The van der Waals surface area contributed by atoms with Crippen molar-refractivity contribution >= 4 is 11.4 Å². The normalized spacial score (nSPS) is 10.8. The third-order valence-corrected chi connectivity index (χ3v) is 3.76. The lowest BCUT2D eigenvalue weighted by molar-refractivity contribution is -0.480. The van der Waals surface area contributed by atoms with Crippen molar-refractivity contribution in [2.24, 2.45) is 0 Å². The topological polar surface area (TPSA) is 16.6 Å². The zero-order valence-electron chi connectivity index (χ0n) is 12.9. The summed E-state index contributed by atoms with van der Waals surface area (Å²) < 4.78 is 0. The van der Waals surface area contributed by atoms with Crippen LogP contribution in [0.5, 0.6) is 0 Å². The van der Waals surface area contributed by atoms with E-state index < -0.39 is 0 Å². The SMILES string of the molecule is Cc1cc(C)c([NH2+]c2c(C)cc(C)cc2C)c(C)c1. The van der Waals surface area contributed by atoms with Crippen molar-refractivity contribution < 1.29 is 5.32 Å². The summed E-state index contributed by atoms with van der Waals surface area (Å²) in [4.78, 5) is 0. The number of hydrogen-bond donors (Lipinski definition) is 1. The molecule has 0 fully saturated rings. The molecule has 1 nitrogen and oxygen atoms in total. The molecule has 2 aromatic rings. The first kappa shape index (κ1) is 13.8. The van der Waals surface area contributed by atoms with Crippen molar-refractivity contribution in [3.63, 3.8) is 0 Å². The predicted molar refractivity (Wildman–Crippen MR) is 82.6 cm³/mol. The van der Waals surface area contributed by atoms with E-state index in [2.05, 4.69) is 71.1 Å². The Hall–Kier alpha value is -1.60. The van der Waals surface area contributed by atoms with E-state index in [0.717, 1.165) is 0 Å². The maximum absolute atomic E-state index is 2.34. The molecule has 2 rings (SSSR count). The second-order valence-corrected chi connectivity index (χ2v) is 5.77. The van der Waals surface area contributed by atoms with Crippen molar-refractivity contribution in [2.45, 2.75) is 41.5 Å². The third-order valence-electron chi connectivity index (χ3n) is 3.76. The molecule has 0 heterocycles. The minimum absolute atomic E-state index is 1.34. The van der Waals surface area contributed by atoms with Crippen molar-refractivity contribution in [3.8, 4) is 0 Å². The summed E-state index contributed by atoms with van der Waals surface area (Å²) in [5.41, 5.74) is 10.8. The Morgan fingerprint density at radius 2 is 0.789 bits per heavy atom. The lowest BCUT2D eigenvalue weighted by Gasteiger charge is -2.13. The molecule has 2 N–H and O–H groups in total. The van der Waals surface area contributed by atoms with Crippen LogP contribution >= 0.6 is 0 Å². The number of aryl methyl sites for hydroxylation is 6. The van der Waals surface area contributed by atoms with Crippen LogP contribution in [0.1, 0.15) is 33.4 Å². The van der Waals surface area contributed by atoms with Gasteiger partial charge in [-0.1, -0.05) is 35.4 Å². The minimum atomic E-state index is 1.34. The fourth-order valence-corrected chi connectivity index (χ4v) is 2.98. The van der Waals surface area contributed by atoms with E-state index in [1.54, 1.807) is 0 Å². The maximum Gasteiger partial charge on any atom is 0.140 e. The molecule has 100 valence electrons. The predicted octanol–water partition coefficient (Wildman–Crippen LogP) is 4.06. The molecule has 0 amide bonds. The molecule has 0 saturated carbocycles. The fraction of sp³-hybridized carbons (Fsp3) is 0.333. The van der Waals surface area contributed by atoms with Gasteiger partial charge < -0.3 is 0 Å². The van der Waals surface area contributed by atoms with Gasteiger partial charge in [0.15, 0.2) is 0 Å². The van der Waals surface area contributed by atoms with Gasteiger partial charge >= 0.3 is 0 Å². The van der Waals surface area contributed by atoms with Crippen LogP contribution in [-0.4, -0.2) is 0 Å². The lowest BCUT2D eigenvalue weighted by atomic mass is 10.0. The summed E-state index contributed by atoms with van der Waals surface area (Å²) in [5.74, 6) is 0. The monoisotopic (exact) mass is 254 g/mol. The molecule has 0 aliphatic rings. The molecule has 0 bridgehead atoms. The zero-order valence-corrected chi connectivity index (χ0v) is 12.9. The maximum atomic E-state index is 2.34. The summed E-state index contributed by atoms with van der Waals surface area (Å²) in [6.07, 6.45) is 0. The fourth-order valence-electron chi connectivity index (χ4n) is 2.98. The summed E-state index contributed by atoms with van der Waals surface area (Å²) in [7, 11) is 0. The molecule has 1 heteroatoms. The second kappa shape index (κ2) is 5.18. The van der Waals surface area contributed by atoms with E-state index in [4.69, 9.17) is 0 Å². The molecule has 0 atom stereocenters. The third kappa shape index (κ3) is 2.87. The Labute approximate surface area is 116 Å². The van der Waals surface area contributed by atoms with E-state index in [1.807, 2.05) is 0 Å². The largest absolute Gasteiger partial charge is 0.281 e. The van der Waals surface area contributed by atoms with Gasteiger partial charge in [0.25, 0.3) is 0 Å². The van der Waals surface area contributed by atoms with Crippen LogP contribution in [0.25, 0.3) is 0 Å². The van der Waals surface area contributed by atoms with Crippen molar-refractivity contribution in [1.82, 2.24) is 0 Å². The lowest BCUT2D eigenvalue weighted by Crippen LogP contribution is -2.72. The van der Waals surface area contributed by atoms with Crippen LogP contribution in [0.15, 0.2) is 24.3 Å². The smallest absolute Gasteiger partial charge is 0.140 e. The highest BCUT2D eigenvalue weighted by Gasteiger charge is 2.13. The zero-order chi connectivity index (χ0) is 14.2. The molecule has 19 heavy (non-hydrogen) atoms. The summed E-state index contributed by atoms with van der Waals surface area (Å²) in [5, 5.41) is 2.34. The van der Waals surface area contributed by atoms with Gasteiger partial charge in [-0.2, -0.15) is 0 Å². The molecule has 0 aliphatic carbocycles. The summed E-state index contributed by atoms with van der Waals surface area (Å²) >= 11 is 0. The molecule has 0 aromatic heterocycles. The minimum Gasteiger partial charge on any atom is -0.281 e. The molecular formula is C18H24N+. The van der Waals surface area contributed by atoms with Gasteiger partial charge in [0, 0.05) is 22.3 Å². The average molecular weight is 254 g/mol. The number of benzene rings is 2. The Kier molecular flexibility index (Phi) is 3.77. The molecule has 0 radical (unpaired) electrons. The highest BCUT2D eigenvalue weighted by Crippen LogP contribution is 2.22. The second-order valence-electron chi connectivity index (χ2n) is 5.77. The number of quaternary nitrogens is 1. The first-order valence-corrected chi connectivity index (χ1v) is 6.89. The molecule has 0 unspecified atom stereocenters. The van der Waals surface area contributed by atoms with Gasteiger partial charge in [0.2, 0.25) is 0 Å². The van der Waals surface area contributed by atoms with Crippen molar-refractivity contribution in [2.75, 3.05) is 0 Å². The molecule has 0 saturated heterocycles. The highest BCUT2D eigenvalue weighted by atomic mass is 14.9. The van der Waals surface area contributed by atoms with E-state index in [0.29, 0.717) is 0 Å². The number of nitrogens with two attached hydrogens (primary N) is 1. The van der Waals surface area contributed by atoms with Crippen LogP contribution in [-0.2, 0) is 0 Å². The standard InChI is InChI=1S/C18H23N/c1-11-7-13(3)17(14(4)8-11)19-18-15(5)9-12(2)10-16(18)6/h7-10,19H,1-6H3/p+1. The highest BCUT2D eigenvalue weighted by molar-refractivity contribution is 5.54. The first-order valence-electron chi connectivity index (χ1n) is 6.89. The van der Waals surface area contributed by atoms with Crippen molar-refractivity contribution in [3.05, 3.63) is 57.6 Å².